The molecule has 8 heteroatoms. The molecule has 0 aromatic heterocycles. The van der Waals surface area contributed by atoms with Gasteiger partial charge < -0.3 is 10.1 Å². The largest absolute Gasteiger partial charge is 0.447 e. The molecule has 1 amide bonds. The quantitative estimate of drug-likeness (QED) is 0.468. The van der Waals surface area contributed by atoms with Gasteiger partial charge in [0, 0.05) is 10.6 Å². The van der Waals surface area contributed by atoms with Crippen molar-refractivity contribution < 1.29 is 27.5 Å². The minimum absolute atomic E-state index is 0.0989. The average molecular weight is 492 g/mol. The van der Waals surface area contributed by atoms with Crippen LogP contribution in [0.2, 0.25) is 5.02 Å². The summed E-state index contributed by atoms with van der Waals surface area (Å²) >= 11 is 5.75. The third-order valence-electron chi connectivity index (χ3n) is 7.58. The Morgan fingerprint density at radius 1 is 0.971 bits per heavy atom. The van der Waals surface area contributed by atoms with E-state index >= 15 is 0 Å². The van der Waals surface area contributed by atoms with E-state index in [1.165, 1.54) is 6.07 Å². The Morgan fingerprint density at radius 2 is 1.56 bits per heavy atom. The van der Waals surface area contributed by atoms with Crippen LogP contribution in [-0.2, 0) is 20.5 Å². The summed E-state index contributed by atoms with van der Waals surface area (Å²) in [5, 5.41) is 2.23. The van der Waals surface area contributed by atoms with Crippen LogP contribution in [0.25, 0.3) is 0 Å². The molecule has 4 aliphatic rings. The lowest BCUT2D eigenvalue weighted by molar-refractivity contribution is -0.179. The summed E-state index contributed by atoms with van der Waals surface area (Å²) in [6.07, 6.45) is -0.364. The van der Waals surface area contributed by atoms with Crippen LogP contribution >= 0.6 is 11.6 Å². The number of amides is 1. The lowest BCUT2D eigenvalue weighted by Gasteiger charge is -2.55. The van der Waals surface area contributed by atoms with Gasteiger partial charge in [0.05, 0.1) is 16.7 Å². The molecule has 0 heterocycles. The number of hydrogen-bond donors (Lipinski definition) is 1. The Morgan fingerprint density at radius 3 is 2.12 bits per heavy atom. The Hall–Kier alpha value is -2.54. The zero-order chi connectivity index (χ0) is 24.1. The maximum absolute atomic E-state index is 13.5. The standard InChI is InChI=1S/C26H25ClF3NO3/c27-19-6-7-21(20(11-19)26(28,29)30)31-23(32)22(18-4-2-1-3-5-18)34-24(33)25-12-15-8-16(13-25)10-17(9-15)14-25/h1-7,11,15-17,22H,8-10,12-14H2,(H,31,32)/t15?,16?,17?,22-,25?/m0/s1. The molecular weight excluding hydrogens is 467 g/mol. The van der Waals surface area contributed by atoms with Crippen LogP contribution in [0.4, 0.5) is 18.9 Å². The van der Waals surface area contributed by atoms with E-state index in [2.05, 4.69) is 5.32 Å². The number of ether oxygens (including phenoxy) is 1. The van der Waals surface area contributed by atoms with E-state index in [0.29, 0.717) is 23.3 Å². The molecule has 4 saturated carbocycles. The van der Waals surface area contributed by atoms with Crippen molar-refractivity contribution >= 4 is 29.2 Å². The van der Waals surface area contributed by atoms with Crippen molar-refractivity contribution in [3.8, 4) is 0 Å². The van der Waals surface area contributed by atoms with Crippen LogP contribution in [0, 0.1) is 23.2 Å². The molecule has 0 saturated heterocycles. The molecule has 4 bridgehead atoms. The molecule has 1 atom stereocenters. The molecule has 0 unspecified atom stereocenters. The van der Waals surface area contributed by atoms with Gasteiger partial charge in [0.2, 0.25) is 6.10 Å². The maximum atomic E-state index is 13.5. The Labute approximate surface area is 200 Å². The first kappa shape index (κ1) is 23.2. The summed E-state index contributed by atoms with van der Waals surface area (Å²) in [7, 11) is 0. The fourth-order valence-corrected chi connectivity index (χ4v) is 6.72. The number of halogens is 4. The van der Waals surface area contributed by atoms with E-state index < -0.39 is 40.8 Å². The van der Waals surface area contributed by atoms with E-state index in [0.717, 1.165) is 50.7 Å². The molecule has 4 fully saturated rings. The number of anilines is 1. The zero-order valence-corrected chi connectivity index (χ0v) is 19.2. The number of alkyl halides is 3. The molecule has 1 N–H and O–H groups in total. The number of nitrogens with one attached hydrogen (secondary N) is 1. The van der Waals surface area contributed by atoms with Crippen molar-refractivity contribution in [2.24, 2.45) is 23.2 Å². The Bertz CT molecular complexity index is 1070. The number of benzene rings is 2. The van der Waals surface area contributed by atoms with Gasteiger partial charge in [-0.25, -0.2) is 0 Å². The topological polar surface area (TPSA) is 55.4 Å². The molecule has 2 aromatic carbocycles. The van der Waals surface area contributed by atoms with Crippen molar-refractivity contribution in [2.75, 3.05) is 5.32 Å². The van der Waals surface area contributed by atoms with Crippen molar-refractivity contribution in [3.63, 3.8) is 0 Å². The molecular formula is C26H25ClF3NO3. The average Bonchev–Trinajstić information content (AvgIpc) is 2.77. The highest BCUT2D eigenvalue weighted by atomic mass is 35.5. The Kier molecular flexibility index (Phi) is 5.87. The Balaban J connectivity index is 1.42. The number of hydrogen-bond acceptors (Lipinski definition) is 3. The van der Waals surface area contributed by atoms with Gasteiger partial charge in [-0.1, -0.05) is 41.9 Å². The van der Waals surface area contributed by atoms with Crippen LogP contribution in [-0.4, -0.2) is 11.9 Å². The predicted octanol–water partition coefficient (Wildman–Crippen LogP) is 6.80. The number of carbonyl (C=O) groups excluding carboxylic acids is 2. The van der Waals surface area contributed by atoms with E-state index in [-0.39, 0.29) is 5.02 Å². The first-order valence-corrected chi connectivity index (χ1v) is 11.9. The molecule has 6 rings (SSSR count). The summed E-state index contributed by atoms with van der Waals surface area (Å²) in [5.41, 5.74) is -1.69. The van der Waals surface area contributed by atoms with Crippen LogP contribution in [0.5, 0.6) is 0 Å². The van der Waals surface area contributed by atoms with Gasteiger partial charge in [-0.15, -0.1) is 0 Å². The van der Waals surface area contributed by atoms with E-state index in [4.69, 9.17) is 16.3 Å². The second-order valence-corrected chi connectivity index (χ2v) is 10.5. The summed E-state index contributed by atoms with van der Waals surface area (Å²) in [6, 6.07) is 11.5. The number of esters is 1. The van der Waals surface area contributed by atoms with Gasteiger partial charge in [0.15, 0.2) is 0 Å². The fraction of sp³-hybridized carbons (Fsp3) is 0.462. The van der Waals surface area contributed by atoms with Crippen LogP contribution in [0.15, 0.2) is 48.5 Å². The van der Waals surface area contributed by atoms with E-state index in [1.807, 2.05) is 0 Å². The molecule has 0 aliphatic heterocycles. The highest BCUT2D eigenvalue weighted by molar-refractivity contribution is 6.30. The normalized spacial score (nSPS) is 28.4. The molecule has 4 aliphatic carbocycles. The number of carbonyl (C=O) groups is 2. The SMILES string of the molecule is O=C(Nc1ccc(Cl)cc1C(F)(F)F)[C@@H](OC(=O)C12CC3CC(CC(C3)C1)C2)c1ccccc1. The summed E-state index contributed by atoms with van der Waals surface area (Å²) in [4.78, 5) is 26.8. The molecule has 2 aromatic rings. The monoisotopic (exact) mass is 491 g/mol. The van der Waals surface area contributed by atoms with E-state index in [9.17, 15) is 22.8 Å². The zero-order valence-electron chi connectivity index (χ0n) is 18.4. The van der Waals surface area contributed by atoms with Crippen molar-refractivity contribution in [3.05, 3.63) is 64.7 Å². The van der Waals surface area contributed by atoms with Crippen LogP contribution < -0.4 is 5.32 Å². The highest BCUT2D eigenvalue weighted by Gasteiger charge is 2.56. The second-order valence-electron chi connectivity index (χ2n) is 10.1. The van der Waals surface area contributed by atoms with Gasteiger partial charge >= 0.3 is 12.1 Å². The molecule has 4 nitrogen and oxygen atoms in total. The van der Waals surface area contributed by atoms with Gasteiger partial charge in [-0.2, -0.15) is 13.2 Å². The first-order valence-electron chi connectivity index (χ1n) is 11.6. The minimum Gasteiger partial charge on any atom is -0.447 e. The van der Waals surface area contributed by atoms with Gasteiger partial charge in [-0.3, -0.25) is 9.59 Å². The summed E-state index contributed by atoms with van der Waals surface area (Å²) < 4.78 is 46.5. The second kappa shape index (κ2) is 8.59. The lowest BCUT2D eigenvalue weighted by Crippen LogP contribution is -2.51. The lowest BCUT2D eigenvalue weighted by atomic mass is 9.49. The number of rotatable bonds is 5. The maximum Gasteiger partial charge on any atom is 0.418 e. The minimum atomic E-state index is -4.72. The fourth-order valence-electron chi connectivity index (χ4n) is 6.55. The third kappa shape index (κ3) is 4.42. The smallest absolute Gasteiger partial charge is 0.418 e. The summed E-state index contributed by atoms with van der Waals surface area (Å²) in [5.74, 6) is 0.267. The predicted molar refractivity (Wildman–Crippen MR) is 121 cm³/mol. The van der Waals surface area contributed by atoms with Crippen LogP contribution in [0.3, 0.4) is 0 Å². The van der Waals surface area contributed by atoms with Crippen molar-refractivity contribution in [1.82, 2.24) is 0 Å². The first-order chi connectivity index (χ1) is 16.1. The molecule has 0 spiro atoms. The third-order valence-corrected chi connectivity index (χ3v) is 7.82. The molecule has 180 valence electrons. The van der Waals surface area contributed by atoms with Gasteiger partial charge in [0.25, 0.3) is 5.91 Å². The molecule has 0 radical (unpaired) electrons. The molecule has 34 heavy (non-hydrogen) atoms. The van der Waals surface area contributed by atoms with Gasteiger partial charge in [-0.05, 0) is 74.5 Å². The van der Waals surface area contributed by atoms with Crippen LogP contribution in [0.1, 0.15) is 55.8 Å². The van der Waals surface area contributed by atoms with Crippen molar-refractivity contribution in [2.45, 2.75) is 50.8 Å². The summed E-state index contributed by atoms with van der Waals surface area (Å²) in [6.45, 7) is 0. The van der Waals surface area contributed by atoms with Crippen molar-refractivity contribution in [1.29, 1.82) is 0 Å². The van der Waals surface area contributed by atoms with E-state index in [1.54, 1.807) is 30.3 Å². The highest BCUT2D eigenvalue weighted by Crippen LogP contribution is 2.60. The van der Waals surface area contributed by atoms with Gasteiger partial charge in [0.1, 0.15) is 0 Å².